The van der Waals surface area contributed by atoms with Crippen molar-refractivity contribution in [3.8, 4) is 11.3 Å². The molecule has 1 spiro atoms. The molecule has 2 aliphatic rings. The molecule has 1 aliphatic heterocycles. The van der Waals surface area contributed by atoms with Gasteiger partial charge in [-0.3, -0.25) is 14.5 Å². The minimum atomic E-state index is -0.769. The number of benzene rings is 1. The highest BCUT2D eigenvalue weighted by molar-refractivity contribution is 7.14. The molecule has 2 fully saturated rings. The summed E-state index contributed by atoms with van der Waals surface area (Å²) in [7, 11) is 1.67. The Kier molecular flexibility index (Phi) is 5.60. The first-order chi connectivity index (χ1) is 14.4. The average molecular weight is 427 g/mol. The smallest absolute Gasteiger partial charge is 0.313 e. The van der Waals surface area contributed by atoms with Gasteiger partial charge in [0.15, 0.2) is 5.13 Å². The Hall–Kier alpha value is -2.74. The molecule has 1 aliphatic carbocycles. The Balaban J connectivity index is 1.42. The third kappa shape index (κ3) is 3.60. The van der Waals surface area contributed by atoms with E-state index in [0.717, 1.165) is 41.8 Å². The largest absolute Gasteiger partial charge is 0.327 e. The van der Waals surface area contributed by atoms with Crippen LogP contribution in [0.2, 0.25) is 0 Å². The Bertz CT molecular complexity index is 963. The molecule has 0 atom stereocenters. The van der Waals surface area contributed by atoms with Crippen LogP contribution in [0.5, 0.6) is 0 Å². The molecule has 2 aromatic rings. The standard InChI is InChI=1S/C22H26N4O3S/c1-3-15-7-9-16(10-8-15)17-14-30-20(23-17)24-18(27)13-26-19(28)22(25(2)21(26)29)11-5-4-6-12-22/h7-10,14H,3-6,11-13H2,1-2H3,(H,23,24,27). The van der Waals surface area contributed by atoms with Gasteiger partial charge in [0.2, 0.25) is 5.91 Å². The van der Waals surface area contributed by atoms with E-state index in [0.29, 0.717) is 18.0 Å². The van der Waals surface area contributed by atoms with Crippen LogP contribution in [0.25, 0.3) is 11.3 Å². The van der Waals surface area contributed by atoms with E-state index in [9.17, 15) is 14.4 Å². The van der Waals surface area contributed by atoms with Gasteiger partial charge in [0.1, 0.15) is 12.1 Å². The Morgan fingerprint density at radius 1 is 1.17 bits per heavy atom. The predicted molar refractivity (Wildman–Crippen MR) is 116 cm³/mol. The van der Waals surface area contributed by atoms with E-state index < -0.39 is 17.5 Å². The van der Waals surface area contributed by atoms with Crippen LogP contribution >= 0.6 is 11.3 Å². The SMILES string of the molecule is CCc1ccc(-c2csc(NC(=O)CN3C(=O)N(C)C4(CCCCC4)C3=O)n2)cc1. The normalized spacial score (nSPS) is 18.3. The van der Waals surface area contributed by atoms with Gasteiger partial charge in [0.05, 0.1) is 5.69 Å². The minimum Gasteiger partial charge on any atom is -0.313 e. The van der Waals surface area contributed by atoms with Crippen LogP contribution in [0, 0.1) is 0 Å². The molecule has 4 rings (SSSR count). The molecule has 1 aromatic heterocycles. The van der Waals surface area contributed by atoms with Gasteiger partial charge in [-0.15, -0.1) is 11.3 Å². The van der Waals surface area contributed by atoms with Crippen LogP contribution in [-0.4, -0.2) is 51.8 Å². The van der Waals surface area contributed by atoms with Gasteiger partial charge in [-0.25, -0.2) is 9.78 Å². The number of nitrogens with one attached hydrogen (secondary N) is 1. The number of nitrogens with zero attached hydrogens (tertiary/aromatic N) is 3. The number of rotatable bonds is 5. The summed E-state index contributed by atoms with van der Waals surface area (Å²) in [5, 5.41) is 5.07. The van der Waals surface area contributed by atoms with Crippen LogP contribution in [0.4, 0.5) is 9.93 Å². The number of urea groups is 1. The summed E-state index contributed by atoms with van der Waals surface area (Å²) in [6, 6.07) is 7.76. The van der Waals surface area contributed by atoms with E-state index in [4.69, 9.17) is 0 Å². The first-order valence-electron chi connectivity index (χ1n) is 10.4. The first-order valence-corrected chi connectivity index (χ1v) is 11.3. The molecular formula is C22H26N4O3S. The second-order valence-corrected chi connectivity index (χ2v) is 8.82. The molecule has 0 unspecified atom stereocenters. The molecular weight excluding hydrogens is 400 g/mol. The Morgan fingerprint density at radius 3 is 2.53 bits per heavy atom. The highest BCUT2D eigenvalue weighted by atomic mass is 32.1. The number of hydrogen-bond acceptors (Lipinski definition) is 5. The van der Waals surface area contributed by atoms with E-state index in [1.807, 2.05) is 17.5 Å². The summed E-state index contributed by atoms with van der Waals surface area (Å²) in [5.74, 6) is -0.666. The quantitative estimate of drug-likeness (QED) is 0.735. The van der Waals surface area contributed by atoms with Gasteiger partial charge >= 0.3 is 6.03 Å². The third-order valence-electron chi connectivity index (χ3n) is 6.19. The fraction of sp³-hybridized carbons (Fsp3) is 0.455. The predicted octanol–water partition coefficient (Wildman–Crippen LogP) is 3.91. The van der Waals surface area contributed by atoms with Gasteiger partial charge in [0.25, 0.3) is 5.91 Å². The van der Waals surface area contributed by atoms with E-state index in [2.05, 4.69) is 29.4 Å². The molecule has 4 amide bonds. The highest BCUT2D eigenvalue weighted by Gasteiger charge is 2.55. The number of likely N-dealkylation sites (N-methyl/N-ethyl adjacent to an activating group) is 1. The van der Waals surface area contributed by atoms with Crippen molar-refractivity contribution in [2.75, 3.05) is 18.9 Å². The fourth-order valence-corrected chi connectivity index (χ4v) is 5.08. The van der Waals surface area contributed by atoms with Gasteiger partial charge in [0, 0.05) is 18.0 Å². The number of thiazole rings is 1. The monoisotopic (exact) mass is 426 g/mol. The van der Waals surface area contributed by atoms with E-state index in [1.165, 1.54) is 21.8 Å². The van der Waals surface area contributed by atoms with Gasteiger partial charge in [-0.1, -0.05) is 50.5 Å². The van der Waals surface area contributed by atoms with Crippen LogP contribution in [0.3, 0.4) is 0 Å². The number of aromatic nitrogens is 1. The molecule has 1 aromatic carbocycles. The van der Waals surface area contributed by atoms with Crippen molar-refractivity contribution in [3.63, 3.8) is 0 Å². The average Bonchev–Trinajstić information content (AvgIpc) is 3.29. The molecule has 8 heteroatoms. The minimum absolute atomic E-state index is 0.249. The maximum atomic E-state index is 13.0. The van der Waals surface area contributed by atoms with Crippen molar-refractivity contribution in [2.45, 2.75) is 51.0 Å². The zero-order valence-electron chi connectivity index (χ0n) is 17.3. The van der Waals surface area contributed by atoms with Crippen molar-refractivity contribution >= 4 is 34.3 Å². The molecule has 2 heterocycles. The number of carbonyl (C=O) groups excluding carboxylic acids is 3. The molecule has 1 saturated heterocycles. The maximum Gasteiger partial charge on any atom is 0.327 e. The summed E-state index contributed by atoms with van der Waals surface area (Å²) in [6.45, 7) is 1.82. The van der Waals surface area contributed by atoms with Gasteiger partial charge in [-0.2, -0.15) is 0 Å². The van der Waals surface area contributed by atoms with Crippen LogP contribution < -0.4 is 5.32 Å². The molecule has 0 bridgehead atoms. The first kappa shape index (κ1) is 20.5. The van der Waals surface area contributed by atoms with Crippen molar-refractivity contribution in [1.29, 1.82) is 0 Å². The molecule has 1 saturated carbocycles. The Labute approximate surface area is 180 Å². The van der Waals surface area contributed by atoms with Crippen molar-refractivity contribution < 1.29 is 14.4 Å². The second kappa shape index (κ2) is 8.18. The van der Waals surface area contributed by atoms with Gasteiger partial charge < -0.3 is 10.2 Å². The number of amides is 4. The van der Waals surface area contributed by atoms with Crippen molar-refractivity contribution in [2.24, 2.45) is 0 Å². The number of aryl methyl sites for hydroxylation is 1. The fourth-order valence-electron chi connectivity index (χ4n) is 4.35. The number of carbonyl (C=O) groups is 3. The van der Waals surface area contributed by atoms with Crippen molar-refractivity contribution in [3.05, 3.63) is 35.2 Å². The molecule has 30 heavy (non-hydrogen) atoms. The lowest BCUT2D eigenvalue weighted by Crippen LogP contribution is -2.49. The summed E-state index contributed by atoms with van der Waals surface area (Å²) in [5.41, 5.74) is 2.25. The van der Waals surface area contributed by atoms with E-state index >= 15 is 0 Å². The molecule has 0 radical (unpaired) electrons. The summed E-state index contributed by atoms with van der Waals surface area (Å²) in [6.07, 6.45) is 5.22. The number of imide groups is 1. The Morgan fingerprint density at radius 2 is 1.87 bits per heavy atom. The molecule has 7 nitrogen and oxygen atoms in total. The zero-order chi connectivity index (χ0) is 21.3. The van der Waals surface area contributed by atoms with Crippen LogP contribution in [0.15, 0.2) is 29.6 Å². The number of anilines is 1. The lowest BCUT2D eigenvalue weighted by atomic mass is 9.81. The zero-order valence-corrected chi connectivity index (χ0v) is 18.1. The highest BCUT2D eigenvalue weighted by Crippen LogP contribution is 2.39. The lowest BCUT2D eigenvalue weighted by molar-refractivity contribution is -0.136. The molecule has 1 N–H and O–H groups in total. The summed E-state index contributed by atoms with van der Waals surface area (Å²) in [4.78, 5) is 45.3. The topological polar surface area (TPSA) is 82.6 Å². The van der Waals surface area contributed by atoms with Gasteiger partial charge in [-0.05, 0) is 24.8 Å². The third-order valence-corrected chi connectivity index (χ3v) is 6.95. The van der Waals surface area contributed by atoms with Crippen molar-refractivity contribution in [1.82, 2.24) is 14.8 Å². The van der Waals surface area contributed by atoms with E-state index in [-0.39, 0.29) is 12.5 Å². The lowest BCUT2D eigenvalue weighted by Gasteiger charge is -2.35. The summed E-state index contributed by atoms with van der Waals surface area (Å²) < 4.78 is 0. The van der Waals surface area contributed by atoms with Crippen LogP contribution in [0.1, 0.15) is 44.6 Å². The van der Waals surface area contributed by atoms with Crippen LogP contribution in [-0.2, 0) is 16.0 Å². The molecule has 158 valence electrons. The maximum absolute atomic E-state index is 13.0. The second-order valence-electron chi connectivity index (χ2n) is 7.96. The number of hydrogen-bond donors (Lipinski definition) is 1. The summed E-state index contributed by atoms with van der Waals surface area (Å²) >= 11 is 1.32. The van der Waals surface area contributed by atoms with E-state index in [1.54, 1.807) is 7.05 Å².